The lowest BCUT2D eigenvalue weighted by Crippen LogP contribution is -2.50. The molecular weight excluding hydrogens is 171 g/mol. The van der Waals surface area contributed by atoms with Crippen molar-refractivity contribution < 1.29 is 9.18 Å². The molecule has 1 fully saturated rings. The lowest BCUT2D eigenvalue weighted by Gasteiger charge is -2.26. The van der Waals surface area contributed by atoms with Crippen LogP contribution in [0.1, 0.15) is 26.7 Å². The molecule has 0 saturated carbocycles. The summed E-state index contributed by atoms with van der Waals surface area (Å²) in [5.41, 5.74) is -1.77. The number of alkyl halides is 1. The van der Waals surface area contributed by atoms with E-state index < -0.39 is 11.6 Å². The molecule has 1 atom stereocenters. The van der Waals surface area contributed by atoms with Crippen molar-refractivity contribution in [2.75, 3.05) is 13.1 Å². The van der Waals surface area contributed by atoms with Crippen molar-refractivity contribution in [1.82, 2.24) is 10.6 Å². The van der Waals surface area contributed by atoms with E-state index in [9.17, 15) is 9.18 Å². The van der Waals surface area contributed by atoms with Crippen molar-refractivity contribution in [3.05, 3.63) is 0 Å². The number of nitrogens with one attached hydrogen (secondary N) is 2. The molecule has 1 aliphatic heterocycles. The molecule has 4 heteroatoms. The molecule has 1 rings (SSSR count). The van der Waals surface area contributed by atoms with Gasteiger partial charge in [-0.05, 0) is 33.2 Å². The number of rotatable bonds is 2. The lowest BCUT2D eigenvalue weighted by atomic mass is 10.1. The Labute approximate surface area is 78.1 Å². The molecule has 0 unspecified atom stereocenters. The van der Waals surface area contributed by atoms with Crippen LogP contribution in [0.5, 0.6) is 0 Å². The quantitative estimate of drug-likeness (QED) is 0.666. The van der Waals surface area contributed by atoms with E-state index in [0.717, 1.165) is 25.9 Å². The Bertz CT molecular complexity index is 183. The first-order valence-electron chi connectivity index (χ1n) is 4.71. The molecule has 1 heterocycles. The Hall–Kier alpha value is -0.640. The van der Waals surface area contributed by atoms with Gasteiger partial charge in [0.05, 0.1) is 0 Å². The van der Waals surface area contributed by atoms with Crippen LogP contribution in [0.4, 0.5) is 4.39 Å². The average Bonchev–Trinajstić information content (AvgIpc) is 2.04. The van der Waals surface area contributed by atoms with Crippen LogP contribution in [0.25, 0.3) is 0 Å². The normalized spacial score (nSPS) is 24.1. The minimum absolute atomic E-state index is 0.0938. The molecule has 0 aliphatic carbocycles. The van der Waals surface area contributed by atoms with Gasteiger partial charge in [-0.2, -0.15) is 0 Å². The van der Waals surface area contributed by atoms with Crippen molar-refractivity contribution >= 4 is 5.91 Å². The van der Waals surface area contributed by atoms with E-state index in [4.69, 9.17) is 0 Å². The molecule has 0 bridgehead atoms. The molecular formula is C9H17FN2O. The first-order valence-corrected chi connectivity index (χ1v) is 4.71. The predicted octanol–water partition coefficient (Wildman–Crippen LogP) is 0.603. The highest BCUT2D eigenvalue weighted by Crippen LogP contribution is 2.09. The molecule has 76 valence electrons. The van der Waals surface area contributed by atoms with Gasteiger partial charge >= 0.3 is 0 Å². The Morgan fingerprint density at radius 2 is 2.31 bits per heavy atom. The van der Waals surface area contributed by atoms with Gasteiger partial charge in [0.15, 0.2) is 5.67 Å². The van der Waals surface area contributed by atoms with Crippen molar-refractivity contribution in [3.8, 4) is 0 Å². The molecule has 1 aliphatic rings. The third-order valence-corrected chi connectivity index (χ3v) is 2.17. The molecule has 0 aromatic heterocycles. The van der Waals surface area contributed by atoms with Crippen LogP contribution in [0.15, 0.2) is 0 Å². The van der Waals surface area contributed by atoms with Crippen LogP contribution in [-0.2, 0) is 4.79 Å². The van der Waals surface area contributed by atoms with E-state index in [1.165, 1.54) is 13.8 Å². The van der Waals surface area contributed by atoms with Gasteiger partial charge < -0.3 is 10.6 Å². The van der Waals surface area contributed by atoms with Crippen LogP contribution < -0.4 is 10.6 Å². The molecule has 0 radical (unpaired) electrons. The van der Waals surface area contributed by atoms with Crippen LogP contribution >= 0.6 is 0 Å². The van der Waals surface area contributed by atoms with Crippen LogP contribution in [0.2, 0.25) is 0 Å². The minimum atomic E-state index is -1.77. The fourth-order valence-corrected chi connectivity index (χ4v) is 1.33. The average molecular weight is 188 g/mol. The van der Waals surface area contributed by atoms with Gasteiger partial charge in [-0.15, -0.1) is 0 Å². The first kappa shape index (κ1) is 10.4. The number of halogens is 1. The molecule has 0 aromatic rings. The zero-order valence-corrected chi connectivity index (χ0v) is 8.19. The van der Waals surface area contributed by atoms with E-state index in [-0.39, 0.29) is 6.04 Å². The topological polar surface area (TPSA) is 41.1 Å². The Morgan fingerprint density at radius 3 is 2.77 bits per heavy atom. The van der Waals surface area contributed by atoms with Gasteiger partial charge in [-0.1, -0.05) is 0 Å². The first-order chi connectivity index (χ1) is 6.00. The van der Waals surface area contributed by atoms with E-state index in [1.54, 1.807) is 0 Å². The zero-order valence-electron chi connectivity index (χ0n) is 8.19. The number of hydrogen-bond donors (Lipinski definition) is 2. The van der Waals surface area contributed by atoms with Crippen LogP contribution in [-0.4, -0.2) is 30.7 Å². The van der Waals surface area contributed by atoms with Gasteiger partial charge in [-0.3, -0.25) is 4.79 Å². The summed E-state index contributed by atoms with van der Waals surface area (Å²) in [5.74, 6) is -0.513. The summed E-state index contributed by atoms with van der Waals surface area (Å²) >= 11 is 0. The number of carbonyl (C=O) groups excluding carboxylic acids is 1. The van der Waals surface area contributed by atoms with Gasteiger partial charge in [0.25, 0.3) is 5.91 Å². The van der Waals surface area contributed by atoms with Crippen LogP contribution in [0.3, 0.4) is 0 Å². The number of piperidine rings is 1. The third-order valence-electron chi connectivity index (χ3n) is 2.17. The Balaban J connectivity index is 2.35. The number of carbonyl (C=O) groups is 1. The SMILES string of the molecule is CC(C)(F)C(=O)N[C@H]1CCCNC1. The molecule has 1 saturated heterocycles. The van der Waals surface area contributed by atoms with Gasteiger partial charge in [-0.25, -0.2) is 4.39 Å². The van der Waals surface area contributed by atoms with Crippen molar-refractivity contribution in [2.24, 2.45) is 0 Å². The summed E-state index contributed by atoms with van der Waals surface area (Å²) in [6.07, 6.45) is 1.98. The Kier molecular flexibility index (Phi) is 3.25. The molecule has 13 heavy (non-hydrogen) atoms. The summed E-state index contributed by atoms with van der Waals surface area (Å²) in [6.45, 7) is 4.30. The maximum absolute atomic E-state index is 13.1. The number of amides is 1. The van der Waals surface area contributed by atoms with Crippen molar-refractivity contribution in [3.63, 3.8) is 0 Å². The van der Waals surface area contributed by atoms with Gasteiger partial charge in [0.1, 0.15) is 0 Å². The zero-order chi connectivity index (χ0) is 9.90. The van der Waals surface area contributed by atoms with E-state index in [0.29, 0.717) is 0 Å². The molecule has 0 aromatic carbocycles. The molecule has 1 amide bonds. The predicted molar refractivity (Wildman–Crippen MR) is 49.2 cm³/mol. The maximum Gasteiger partial charge on any atom is 0.257 e. The second-order valence-corrected chi connectivity index (χ2v) is 3.99. The lowest BCUT2D eigenvalue weighted by molar-refractivity contribution is -0.131. The minimum Gasteiger partial charge on any atom is -0.349 e. The van der Waals surface area contributed by atoms with Crippen LogP contribution in [0, 0.1) is 0 Å². The summed E-state index contributed by atoms with van der Waals surface area (Å²) < 4.78 is 13.1. The van der Waals surface area contributed by atoms with Crippen molar-refractivity contribution in [1.29, 1.82) is 0 Å². The highest BCUT2D eigenvalue weighted by Gasteiger charge is 2.28. The Morgan fingerprint density at radius 1 is 1.62 bits per heavy atom. The molecule has 3 nitrogen and oxygen atoms in total. The smallest absolute Gasteiger partial charge is 0.257 e. The fraction of sp³-hybridized carbons (Fsp3) is 0.889. The third kappa shape index (κ3) is 3.30. The summed E-state index contributed by atoms with van der Waals surface area (Å²) in [5, 5.41) is 5.84. The largest absolute Gasteiger partial charge is 0.349 e. The molecule has 0 spiro atoms. The van der Waals surface area contributed by atoms with E-state index in [1.807, 2.05) is 0 Å². The monoisotopic (exact) mass is 188 g/mol. The van der Waals surface area contributed by atoms with Crippen molar-refractivity contribution in [2.45, 2.75) is 38.4 Å². The second kappa shape index (κ2) is 4.05. The van der Waals surface area contributed by atoms with Gasteiger partial charge in [0, 0.05) is 12.6 Å². The summed E-state index contributed by atoms with van der Waals surface area (Å²) in [6, 6.07) is 0.0938. The maximum atomic E-state index is 13.1. The van der Waals surface area contributed by atoms with E-state index in [2.05, 4.69) is 10.6 Å². The number of hydrogen-bond acceptors (Lipinski definition) is 2. The molecule has 2 N–H and O–H groups in total. The fourth-order valence-electron chi connectivity index (χ4n) is 1.33. The highest BCUT2D eigenvalue weighted by molar-refractivity contribution is 5.84. The summed E-state index contributed by atoms with van der Waals surface area (Å²) in [7, 11) is 0. The highest BCUT2D eigenvalue weighted by atomic mass is 19.1. The summed E-state index contributed by atoms with van der Waals surface area (Å²) in [4.78, 5) is 11.2. The van der Waals surface area contributed by atoms with Gasteiger partial charge in [0.2, 0.25) is 0 Å². The van der Waals surface area contributed by atoms with E-state index >= 15 is 0 Å². The standard InChI is InChI=1S/C9H17FN2O/c1-9(2,10)8(13)12-7-4-3-5-11-6-7/h7,11H,3-6H2,1-2H3,(H,12,13)/t7-/m0/s1. The second-order valence-electron chi connectivity index (χ2n) is 3.99.